The molecule has 0 aliphatic rings. The first-order valence-electron chi connectivity index (χ1n) is 6.98. The van der Waals surface area contributed by atoms with Gasteiger partial charge in [0.2, 0.25) is 0 Å². The maximum atomic E-state index is 4.59. The van der Waals surface area contributed by atoms with Gasteiger partial charge >= 0.3 is 0 Å². The van der Waals surface area contributed by atoms with E-state index in [-0.39, 0.29) is 0 Å². The summed E-state index contributed by atoms with van der Waals surface area (Å²) in [6.07, 6.45) is 0. The molecule has 106 valence electrons. The third kappa shape index (κ3) is 4.31. The van der Waals surface area contributed by atoms with E-state index in [0.717, 1.165) is 42.5 Å². The minimum absolute atomic E-state index is 0.814. The van der Waals surface area contributed by atoms with Gasteiger partial charge in [-0.2, -0.15) is 0 Å². The van der Waals surface area contributed by atoms with Crippen LogP contribution in [0.5, 0.6) is 0 Å². The van der Waals surface area contributed by atoms with Crippen molar-refractivity contribution in [2.75, 3.05) is 18.9 Å². The van der Waals surface area contributed by atoms with E-state index in [2.05, 4.69) is 52.4 Å². The van der Waals surface area contributed by atoms with Crippen molar-refractivity contribution in [3.8, 4) is 0 Å². The molecular weight excluding hydrogens is 248 g/mol. The lowest BCUT2D eigenvalue weighted by Crippen LogP contribution is -2.19. The van der Waals surface area contributed by atoms with E-state index < -0.39 is 0 Å². The normalized spacial score (nSPS) is 10.8. The summed E-state index contributed by atoms with van der Waals surface area (Å²) in [5.41, 5.74) is 3.22. The van der Waals surface area contributed by atoms with Crippen molar-refractivity contribution in [1.82, 2.24) is 14.9 Å². The topological polar surface area (TPSA) is 41.0 Å². The van der Waals surface area contributed by atoms with Crippen LogP contribution in [0, 0.1) is 6.92 Å². The van der Waals surface area contributed by atoms with Crippen LogP contribution in [0.1, 0.15) is 24.0 Å². The van der Waals surface area contributed by atoms with Gasteiger partial charge in [-0.15, -0.1) is 0 Å². The lowest BCUT2D eigenvalue weighted by molar-refractivity contribution is 0.311. The van der Waals surface area contributed by atoms with Crippen LogP contribution in [0.4, 0.5) is 5.82 Å². The zero-order valence-corrected chi connectivity index (χ0v) is 12.4. The van der Waals surface area contributed by atoms with E-state index in [0.29, 0.717) is 0 Å². The molecule has 0 bridgehead atoms. The molecular formula is C16H22N4. The lowest BCUT2D eigenvalue weighted by Gasteiger charge is -2.16. The molecule has 0 saturated heterocycles. The standard InChI is InChI=1S/C16H22N4/c1-4-17-16-10-6-9-15(19-16)12-20(3)11-14-8-5-7-13(2)18-14/h5-10H,4,11-12H2,1-3H3,(H,17,19). The summed E-state index contributed by atoms with van der Waals surface area (Å²) in [4.78, 5) is 11.3. The van der Waals surface area contributed by atoms with Gasteiger partial charge < -0.3 is 5.32 Å². The number of anilines is 1. The molecule has 2 aromatic heterocycles. The summed E-state index contributed by atoms with van der Waals surface area (Å²) >= 11 is 0. The van der Waals surface area contributed by atoms with Crippen LogP contribution in [0.15, 0.2) is 36.4 Å². The third-order valence-electron chi connectivity index (χ3n) is 2.97. The van der Waals surface area contributed by atoms with E-state index in [9.17, 15) is 0 Å². The first-order valence-corrected chi connectivity index (χ1v) is 6.98. The SMILES string of the molecule is CCNc1cccc(CN(C)Cc2cccc(C)n2)n1. The first kappa shape index (κ1) is 14.5. The molecule has 0 amide bonds. The average molecular weight is 270 g/mol. The number of aromatic nitrogens is 2. The van der Waals surface area contributed by atoms with E-state index in [1.54, 1.807) is 0 Å². The van der Waals surface area contributed by atoms with Crippen molar-refractivity contribution >= 4 is 5.82 Å². The number of aryl methyl sites for hydroxylation is 1. The molecule has 0 saturated carbocycles. The van der Waals surface area contributed by atoms with Crippen molar-refractivity contribution in [1.29, 1.82) is 0 Å². The summed E-state index contributed by atoms with van der Waals surface area (Å²) in [5, 5.41) is 3.24. The number of pyridine rings is 2. The quantitative estimate of drug-likeness (QED) is 0.876. The second kappa shape index (κ2) is 7.01. The second-order valence-corrected chi connectivity index (χ2v) is 4.99. The van der Waals surface area contributed by atoms with Crippen LogP contribution in [-0.2, 0) is 13.1 Å². The van der Waals surface area contributed by atoms with Crippen LogP contribution in [-0.4, -0.2) is 28.5 Å². The fraction of sp³-hybridized carbons (Fsp3) is 0.375. The van der Waals surface area contributed by atoms with E-state index in [4.69, 9.17) is 0 Å². The Balaban J connectivity index is 1.97. The average Bonchev–Trinajstić information content (AvgIpc) is 2.39. The van der Waals surface area contributed by atoms with Gasteiger partial charge in [0.15, 0.2) is 0 Å². The lowest BCUT2D eigenvalue weighted by atomic mass is 10.3. The van der Waals surface area contributed by atoms with Crippen LogP contribution >= 0.6 is 0 Å². The van der Waals surface area contributed by atoms with Crippen molar-refractivity contribution < 1.29 is 0 Å². The Kier molecular flexibility index (Phi) is 5.07. The van der Waals surface area contributed by atoms with E-state index in [1.165, 1.54) is 0 Å². The number of hydrogen-bond donors (Lipinski definition) is 1. The molecule has 0 atom stereocenters. The molecule has 2 rings (SSSR count). The molecule has 0 radical (unpaired) electrons. The number of hydrogen-bond acceptors (Lipinski definition) is 4. The first-order chi connectivity index (χ1) is 9.67. The second-order valence-electron chi connectivity index (χ2n) is 4.99. The Morgan fingerprint density at radius 1 is 1.00 bits per heavy atom. The molecule has 0 aliphatic carbocycles. The van der Waals surface area contributed by atoms with Gasteiger partial charge in [0, 0.05) is 25.3 Å². The highest BCUT2D eigenvalue weighted by atomic mass is 15.1. The van der Waals surface area contributed by atoms with Gasteiger partial charge in [0.1, 0.15) is 5.82 Å². The highest BCUT2D eigenvalue weighted by molar-refractivity contribution is 5.34. The molecule has 20 heavy (non-hydrogen) atoms. The Morgan fingerprint density at radius 3 is 2.30 bits per heavy atom. The minimum atomic E-state index is 0.814. The highest BCUT2D eigenvalue weighted by Crippen LogP contribution is 2.09. The molecule has 4 heteroatoms. The highest BCUT2D eigenvalue weighted by Gasteiger charge is 2.04. The van der Waals surface area contributed by atoms with Crippen LogP contribution in [0.25, 0.3) is 0 Å². The summed E-state index contributed by atoms with van der Waals surface area (Å²) in [6.45, 7) is 6.62. The molecule has 0 unspecified atom stereocenters. The Labute approximate surface area is 120 Å². The molecule has 0 aliphatic heterocycles. The summed E-state index contributed by atoms with van der Waals surface area (Å²) < 4.78 is 0. The van der Waals surface area contributed by atoms with Crippen molar-refractivity contribution in [2.24, 2.45) is 0 Å². The van der Waals surface area contributed by atoms with Gasteiger partial charge in [-0.25, -0.2) is 4.98 Å². The molecule has 2 aromatic rings. The number of rotatable bonds is 6. The van der Waals surface area contributed by atoms with Gasteiger partial charge in [-0.05, 0) is 45.2 Å². The molecule has 0 aromatic carbocycles. The maximum absolute atomic E-state index is 4.59. The maximum Gasteiger partial charge on any atom is 0.126 e. The number of nitrogens with one attached hydrogen (secondary N) is 1. The molecule has 4 nitrogen and oxygen atoms in total. The third-order valence-corrected chi connectivity index (χ3v) is 2.97. The molecule has 0 fully saturated rings. The molecule has 0 spiro atoms. The predicted molar refractivity (Wildman–Crippen MR) is 82.5 cm³/mol. The van der Waals surface area contributed by atoms with E-state index >= 15 is 0 Å². The van der Waals surface area contributed by atoms with Crippen molar-refractivity contribution in [2.45, 2.75) is 26.9 Å². The fourth-order valence-electron chi connectivity index (χ4n) is 2.14. The van der Waals surface area contributed by atoms with E-state index in [1.807, 2.05) is 25.1 Å². The van der Waals surface area contributed by atoms with Gasteiger partial charge in [0.05, 0.1) is 11.4 Å². The van der Waals surface area contributed by atoms with Crippen LogP contribution in [0.3, 0.4) is 0 Å². The van der Waals surface area contributed by atoms with Crippen LogP contribution < -0.4 is 5.32 Å². The predicted octanol–water partition coefficient (Wildman–Crippen LogP) is 2.85. The van der Waals surface area contributed by atoms with Crippen molar-refractivity contribution in [3.63, 3.8) is 0 Å². The minimum Gasteiger partial charge on any atom is -0.370 e. The fourth-order valence-corrected chi connectivity index (χ4v) is 2.14. The van der Waals surface area contributed by atoms with Gasteiger partial charge in [-0.3, -0.25) is 9.88 Å². The summed E-state index contributed by atoms with van der Waals surface area (Å²) in [5.74, 6) is 0.937. The Hall–Kier alpha value is -1.94. The van der Waals surface area contributed by atoms with Crippen LogP contribution in [0.2, 0.25) is 0 Å². The Morgan fingerprint density at radius 2 is 1.65 bits per heavy atom. The zero-order chi connectivity index (χ0) is 14.4. The zero-order valence-electron chi connectivity index (χ0n) is 12.4. The Bertz CT molecular complexity index is 554. The number of nitrogens with zero attached hydrogens (tertiary/aromatic N) is 3. The van der Waals surface area contributed by atoms with Crippen molar-refractivity contribution in [3.05, 3.63) is 53.5 Å². The molecule has 2 heterocycles. The molecule has 1 N–H and O–H groups in total. The van der Waals surface area contributed by atoms with Gasteiger partial charge in [-0.1, -0.05) is 12.1 Å². The van der Waals surface area contributed by atoms with Gasteiger partial charge in [0.25, 0.3) is 0 Å². The smallest absolute Gasteiger partial charge is 0.126 e. The summed E-state index contributed by atoms with van der Waals surface area (Å²) in [6, 6.07) is 12.2. The summed E-state index contributed by atoms with van der Waals surface area (Å²) in [7, 11) is 2.09. The monoisotopic (exact) mass is 270 g/mol. The largest absolute Gasteiger partial charge is 0.370 e.